The number of amides is 2. The van der Waals surface area contributed by atoms with Crippen molar-refractivity contribution in [2.75, 3.05) is 13.2 Å². The number of hydrogen-bond acceptors (Lipinski definition) is 6. The molecule has 8 heteroatoms. The van der Waals surface area contributed by atoms with Crippen LogP contribution in [0.5, 0.6) is 5.75 Å². The molecule has 8 nitrogen and oxygen atoms in total. The van der Waals surface area contributed by atoms with Gasteiger partial charge in [-0.05, 0) is 25.3 Å². The second kappa shape index (κ2) is 9.13. The van der Waals surface area contributed by atoms with Crippen LogP contribution in [-0.2, 0) is 26.2 Å². The zero-order chi connectivity index (χ0) is 21.7. The molecule has 4 N–H and O–H groups in total. The van der Waals surface area contributed by atoms with E-state index in [0.29, 0.717) is 31.8 Å². The third-order valence-electron chi connectivity index (χ3n) is 5.44. The highest BCUT2D eigenvalue weighted by atomic mass is 16.5. The predicted molar refractivity (Wildman–Crippen MR) is 109 cm³/mol. The summed E-state index contributed by atoms with van der Waals surface area (Å²) in [7, 11) is 0. The Morgan fingerprint density at radius 2 is 1.90 bits per heavy atom. The second-order valence-corrected chi connectivity index (χ2v) is 7.68. The maximum Gasteiger partial charge on any atom is 0.240 e. The van der Waals surface area contributed by atoms with Crippen molar-refractivity contribution in [2.24, 2.45) is 5.73 Å². The summed E-state index contributed by atoms with van der Waals surface area (Å²) in [5, 5.41) is 13.1. The number of carbonyl (C=O) groups is 2. The molecule has 1 saturated heterocycles. The lowest BCUT2D eigenvalue weighted by atomic mass is 9.74. The van der Waals surface area contributed by atoms with Crippen molar-refractivity contribution >= 4 is 11.8 Å². The maximum absolute atomic E-state index is 12.9. The van der Waals surface area contributed by atoms with Crippen LogP contribution < -0.4 is 16.5 Å². The van der Waals surface area contributed by atoms with Crippen LogP contribution in [0.15, 0.2) is 45.6 Å². The Morgan fingerprint density at radius 1 is 1.23 bits per heavy atom. The first-order valence-corrected chi connectivity index (χ1v) is 9.85. The SMILES string of the molecule is Cc1cc(=O)c(O)c(C2(CC(=O)N[C@@H](Cc3ccccc3)C(N)=O)CCOCC2)o1. The summed E-state index contributed by atoms with van der Waals surface area (Å²) >= 11 is 0. The van der Waals surface area contributed by atoms with Crippen molar-refractivity contribution in [3.05, 3.63) is 63.7 Å². The largest absolute Gasteiger partial charge is 0.502 e. The molecule has 30 heavy (non-hydrogen) atoms. The lowest BCUT2D eigenvalue weighted by Gasteiger charge is -2.36. The van der Waals surface area contributed by atoms with E-state index in [1.807, 2.05) is 30.3 Å². The molecule has 160 valence electrons. The number of benzene rings is 1. The summed E-state index contributed by atoms with van der Waals surface area (Å²) in [5.74, 6) is -1.12. The molecule has 1 fully saturated rings. The van der Waals surface area contributed by atoms with Gasteiger partial charge < -0.3 is 25.3 Å². The molecule has 2 amide bonds. The van der Waals surface area contributed by atoms with Crippen molar-refractivity contribution in [3.63, 3.8) is 0 Å². The number of hydrogen-bond donors (Lipinski definition) is 3. The van der Waals surface area contributed by atoms with Crippen molar-refractivity contribution in [1.82, 2.24) is 5.32 Å². The van der Waals surface area contributed by atoms with Gasteiger partial charge in [-0.15, -0.1) is 0 Å². The summed E-state index contributed by atoms with van der Waals surface area (Å²) in [6.07, 6.45) is 0.971. The minimum atomic E-state index is -0.910. The topological polar surface area (TPSA) is 132 Å². The van der Waals surface area contributed by atoms with E-state index in [0.717, 1.165) is 5.56 Å². The molecule has 0 aliphatic carbocycles. The van der Waals surface area contributed by atoms with Crippen LogP contribution in [0.4, 0.5) is 0 Å². The van der Waals surface area contributed by atoms with Crippen molar-refractivity contribution in [3.8, 4) is 5.75 Å². The summed E-state index contributed by atoms with van der Waals surface area (Å²) in [5.41, 5.74) is 4.90. The molecule has 1 aliphatic heterocycles. The smallest absolute Gasteiger partial charge is 0.240 e. The number of aromatic hydroxyl groups is 1. The number of primary amides is 1. The Morgan fingerprint density at radius 3 is 2.53 bits per heavy atom. The van der Waals surface area contributed by atoms with Crippen LogP contribution in [0.3, 0.4) is 0 Å². The van der Waals surface area contributed by atoms with Gasteiger partial charge in [-0.2, -0.15) is 0 Å². The molecule has 3 rings (SSSR count). The number of nitrogens with one attached hydrogen (secondary N) is 1. The highest BCUT2D eigenvalue weighted by Gasteiger charge is 2.42. The van der Waals surface area contributed by atoms with Gasteiger partial charge in [0.05, 0.1) is 0 Å². The molecule has 1 aliphatic rings. The van der Waals surface area contributed by atoms with E-state index < -0.39 is 34.4 Å². The molecular weight excluding hydrogens is 388 g/mol. The second-order valence-electron chi connectivity index (χ2n) is 7.68. The molecule has 0 saturated carbocycles. The van der Waals surface area contributed by atoms with Gasteiger partial charge >= 0.3 is 0 Å². The Bertz CT molecular complexity index is 963. The molecule has 0 spiro atoms. The minimum Gasteiger partial charge on any atom is -0.502 e. The van der Waals surface area contributed by atoms with Crippen LogP contribution in [0.2, 0.25) is 0 Å². The van der Waals surface area contributed by atoms with Crippen LogP contribution in [0, 0.1) is 6.92 Å². The van der Waals surface area contributed by atoms with Crippen molar-refractivity contribution in [1.29, 1.82) is 0 Å². The Labute approximate surface area is 174 Å². The summed E-state index contributed by atoms with van der Waals surface area (Å²) < 4.78 is 11.1. The minimum absolute atomic E-state index is 0.0745. The molecule has 1 aromatic heterocycles. The summed E-state index contributed by atoms with van der Waals surface area (Å²) in [6.45, 7) is 2.32. The van der Waals surface area contributed by atoms with Gasteiger partial charge in [0.25, 0.3) is 0 Å². The molecule has 1 atom stereocenters. The monoisotopic (exact) mass is 414 g/mol. The fraction of sp³-hybridized carbons (Fsp3) is 0.409. The quantitative estimate of drug-likeness (QED) is 0.626. The molecule has 2 heterocycles. The molecule has 0 unspecified atom stereocenters. The van der Waals surface area contributed by atoms with Gasteiger partial charge in [0, 0.05) is 37.5 Å². The summed E-state index contributed by atoms with van der Waals surface area (Å²) in [6, 6.07) is 9.56. The average molecular weight is 414 g/mol. The van der Waals surface area contributed by atoms with Crippen molar-refractivity contribution < 1.29 is 23.8 Å². The lowest BCUT2D eigenvalue weighted by Crippen LogP contribution is -2.48. The number of ether oxygens (including phenoxy) is 1. The third-order valence-corrected chi connectivity index (χ3v) is 5.44. The standard InChI is InChI=1S/C22H26N2O6/c1-14-11-17(25)19(27)20(30-14)22(7-9-29-10-8-22)13-18(26)24-16(21(23)28)12-15-5-3-2-4-6-15/h2-6,11,16,27H,7-10,12-13H2,1H3,(H2,23,28)(H,24,26)/t16-/m0/s1. The highest BCUT2D eigenvalue weighted by molar-refractivity contribution is 5.87. The first-order valence-electron chi connectivity index (χ1n) is 9.85. The Balaban J connectivity index is 1.83. The van der Waals surface area contributed by atoms with E-state index in [1.165, 1.54) is 6.07 Å². The Kier molecular flexibility index (Phi) is 6.56. The van der Waals surface area contributed by atoms with Gasteiger partial charge in [-0.3, -0.25) is 14.4 Å². The van der Waals surface area contributed by atoms with Gasteiger partial charge in [0.2, 0.25) is 23.0 Å². The average Bonchev–Trinajstić information content (AvgIpc) is 2.71. The van der Waals surface area contributed by atoms with Crippen LogP contribution in [0.25, 0.3) is 0 Å². The van der Waals surface area contributed by atoms with Gasteiger partial charge in [0.15, 0.2) is 5.76 Å². The van der Waals surface area contributed by atoms with Gasteiger partial charge in [-0.25, -0.2) is 0 Å². The zero-order valence-electron chi connectivity index (χ0n) is 16.8. The zero-order valence-corrected chi connectivity index (χ0v) is 16.8. The number of rotatable bonds is 7. The van der Waals surface area contributed by atoms with E-state index in [9.17, 15) is 19.5 Å². The van der Waals surface area contributed by atoms with Gasteiger partial charge in [0.1, 0.15) is 11.8 Å². The van der Waals surface area contributed by atoms with Gasteiger partial charge in [-0.1, -0.05) is 30.3 Å². The molecule has 0 bridgehead atoms. The molecule has 0 radical (unpaired) electrons. The fourth-order valence-corrected chi connectivity index (χ4v) is 3.83. The predicted octanol–water partition coefficient (Wildman–Crippen LogP) is 1.30. The van der Waals surface area contributed by atoms with Crippen LogP contribution >= 0.6 is 0 Å². The molecule has 1 aromatic carbocycles. The normalized spacial score (nSPS) is 16.6. The molecule has 2 aromatic rings. The number of nitrogens with two attached hydrogens (primary N) is 1. The first-order chi connectivity index (χ1) is 14.3. The van der Waals surface area contributed by atoms with Crippen LogP contribution in [0.1, 0.15) is 36.3 Å². The van der Waals surface area contributed by atoms with Crippen molar-refractivity contribution in [2.45, 2.75) is 44.1 Å². The van der Waals surface area contributed by atoms with E-state index in [-0.39, 0.29) is 18.6 Å². The number of carbonyl (C=O) groups excluding carboxylic acids is 2. The Hall–Kier alpha value is -3.13. The lowest BCUT2D eigenvalue weighted by molar-refractivity contribution is -0.129. The van der Waals surface area contributed by atoms with E-state index in [4.69, 9.17) is 14.9 Å². The number of aryl methyl sites for hydroxylation is 1. The van der Waals surface area contributed by atoms with E-state index in [2.05, 4.69) is 5.32 Å². The first kappa shape index (κ1) is 21.6. The molecular formula is C22H26N2O6. The summed E-state index contributed by atoms with van der Waals surface area (Å²) in [4.78, 5) is 36.9. The third kappa shape index (κ3) is 4.88. The highest BCUT2D eigenvalue weighted by Crippen LogP contribution is 2.41. The maximum atomic E-state index is 12.9. The fourth-order valence-electron chi connectivity index (χ4n) is 3.83. The van der Waals surface area contributed by atoms with E-state index in [1.54, 1.807) is 6.92 Å². The van der Waals surface area contributed by atoms with Crippen LogP contribution in [-0.4, -0.2) is 36.2 Å². The van der Waals surface area contributed by atoms with E-state index >= 15 is 0 Å².